The van der Waals surface area contributed by atoms with Crippen LogP contribution < -0.4 is 5.73 Å². The van der Waals surface area contributed by atoms with E-state index in [9.17, 15) is 13.2 Å². The molecule has 2 N–H and O–H groups in total. The third-order valence-corrected chi connectivity index (χ3v) is 5.96. The van der Waals surface area contributed by atoms with E-state index in [-0.39, 0.29) is 41.9 Å². The van der Waals surface area contributed by atoms with Crippen molar-refractivity contribution in [2.24, 2.45) is 5.73 Å². The second-order valence-electron chi connectivity index (χ2n) is 5.87. The van der Waals surface area contributed by atoms with Gasteiger partial charge in [0.15, 0.2) is 9.84 Å². The van der Waals surface area contributed by atoms with Gasteiger partial charge in [0.2, 0.25) is 5.91 Å². The van der Waals surface area contributed by atoms with E-state index in [1.54, 1.807) is 4.90 Å². The molecule has 2 heterocycles. The monoisotopic (exact) mass is 339 g/mol. The van der Waals surface area contributed by atoms with E-state index < -0.39 is 9.84 Å². The Bertz CT molecular complexity index is 458. The van der Waals surface area contributed by atoms with Crippen molar-refractivity contribution < 1.29 is 13.2 Å². The van der Waals surface area contributed by atoms with Gasteiger partial charge in [-0.1, -0.05) is 0 Å². The van der Waals surface area contributed by atoms with E-state index in [1.165, 1.54) is 0 Å². The number of sulfone groups is 1. The second kappa shape index (κ2) is 7.76. The highest BCUT2D eigenvalue weighted by Crippen LogP contribution is 2.18. The molecule has 2 unspecified atom stereocenters. The van der Waals surface area contributed by atoms with Crippen LogP contribution >= 0.6 is 12.4 Å². The van der Waals surface area contributed by atoms with Gasteiger partial charge in [0.25, 0.3) is 0 Å². The van der Waals surface area contributed by atoms with Crippen LogP contribution in [0.15, 0.2) is 0 Å². The van der Waals surface area contributed by atoms with Crippen molar-refractivity contribution in [3.8, 4) is 0 Å². The van der Waals surface area contributed by atoms with Crippen molar-refractivity contribution in [2.75, 3.05) is 37.7 Å². The first kappa shape index (κ1) is 18.7. The minimum atomic E-state index is -2.95. The quantitative estimate of drug-likeness (QED) is 0.771. The molecule has 2 rings (SSSR count). The molecule has 0 radical (unpaired) electrons. The van der Waals surface area contributed by atoms with Gasteiger partial charge in [-0.3, -0.25) is 9.69 Å². The molecule has 2 aliphatic rings. The molecule has 2 saturated heterocycles. The highest BCUT2D eigenvalue weighted by molar-refractivity contribution is 7.91. The lowest BCUT2D eigenvalue weighted by molar-refractivity contribution is -0.134. The van der Waals surface area contributed by atoms with E-state index in [1.807, 2.05) is 6.92 Å². The van der Waals surface area contributed by atoms with Crippen LogP contribution in [-0.4, -0.2) is 73.9 Å². The molecule has 0 aromatic carbocycles. The number of nitrogens with zero attached hydrogens (tertiary/aromatic N) is 2. The number of carbonyl (C=O) groups excluding carboxylic acids is 1. The molecule has 2 aliphatic heterocycles. The molecule has 2 atom stereocenters. The SMILES string of the molecule is CCN(C(=O)CN1CCCC(N)C1)C1CCS(=O)(=O)C1.Cl. The highest BCUT2D eigenvalue weighted by Gasteiger charge is 2.34. The molecule has 6 nitrogen and oxygen atoms in total. The maximum absolute atomic E-state index is 12.4. The topological polar surface area (TPSA) is 83.7 Å². The van der Waals surface area contributed by atoms with Crippen molar-refractivity contribution in [3.05, 3.63) is 0 Å². The summed E-state index contributed by atoms with van der Waals surface area (Å²) >= 11 is 0. The molecular weight excluding hydrogens is 314 g/mol. The predicted molar refractivity (Wildman–Crippen MR) is 85.3 cm³/mol. The number of carbonyl (C=O) groups is 1. The zero-order chi connectivity index (χ0) is 14.8. The fraction of sp³-hybridized carbons (Fsp3) is 0.923. The first-order valence-electron chi connectivity index (χ1n) is 7.39. The van der Waals surface area contributed by atoms with Crippen LogP contribution in [0.4, 0.5) is 0 Å². The molecule has 2 fully saturated rings. The van der Waals surface area contributed by atoms with Gasteiger partial charge in [-0.15, -0.1) is 12.4 Å². The fourth-order valence-electron chi connectivity index (χ4n) is 3.18. The Hall–Kier alpha value is -0.370. The number of piperidine rings is 1. The standard InChI is InChI=1S/C13H25N3O3S.ClH/c1-2-16(12-5-7-20(18,19)10-12)13(17)9-15-6-3-4-11(14)8-15;/h11-12H,2-10,14H2,1H3;1H. The Morgan fingerprint density at radius 3 is 2.62 bits per heavy atom. The largest absolute Gasteiger partial charge is 0.338 e. The Balaban J connectivity index is 0.00000220. The number of rotatable bonds is 4. The molecule has 1 amide bonds. The third-order valence-electron chi connectivity index (χ3n) is 4.21. The van der Waals surface area contributed by atoms with Crippen LogP contribution in [0.5, 0.6) is 0 Å². The summed E-state index contributed by atoms with van der Waals surface area (Å²) in [5, 5.41) is 0. The lowest BCUT2D eigenvalue weighted by Gasteiger charge is -2.33. The van der Waals surface area contributed by atoms with Gasteiger partial charge < -0.3 is 10.6 Å². The summed E-state index contributed by atoms with van der Waals surface area (Å²) < 4.78 is 23.1. The van der Waals surface area contributed by atoms with Crippen LogP contribution in [-0.2, 0) is 14.6 Å². The normalized spacial score (nSPS) is 28.9. The van der Waals surface area contributed by atoms with Crippen molar-refractivity contribution in [1.82, 2.24) is 9.80 Å². The molecule has 0 aromatic rings. The first-order valence-corrected chi connectivity index (χ1v) is 9.21. The lowest BCUT2D eigenvalue weighted by Crippen LogP contribution is -2.50. The van der Waals surface area contributed by atoms with Gasteiger partial charge >= 0.3 is 0 Å². The first-order chi connectivity index (χ1) is 9.41. The zero-order valence-electron chi connectivity index (χ0n) is 12.5. The minimum absolute atomic E-state index is 0. The minimum Gasteiger partial charge on any atom is -0.338 e. The van der Waals surface area contributed by atoms with Gasteiger partial charge in [-0.2, -0.15) is 0 Å². The third kappa shape index (κ3) is 5.09. The van der Waals surface area contributed by atoms with Crippen LogP contribution in [0, 0.1) is 0 Å². The van der Waals surface area contributed by atoms with Gasteiger partial charge in [0, 0.05) is 25.2 Å². The summed E-state index contributed by atoms with van der Waals surface area (Å²) in [6, 6.07) is 0.00875. The number of amides is 1. The average Bonchev–Trinajstić information content (AvgIpc) is 2.70. The van der Waals surface area contributed by atoms with E-state index in [0.29, 0.717) is 19.5 Å². The average molecular weight is 340 g/mol. The Morgan fingerprint density at radius 1 is 1.38 bits per heavy atom. The highest BCUT2D eigenvalue weighted by atomic mass is 35.5. The maximum atomic E-state index is 12.4. The maximum Gasteiger partial charge on any atom is 0.237 e. The summed E-state index contributed by atoms with van der Waals surface area (Å²) in [6.45, 7) is 4.49. The molecule has 0 aromatic heterocycles. The molecule has 124 valence electrons. The number of likely N-dealkylation sites (tertiary alicyclic amines) is 1. The van der Waals surface area contributed by atoms with E-state index in [2.05, 4.69) is 4.90 Å². The predicted octanol–water partition coefficient (Wildman–Crippen LogP) is -0.133. The molecule has 0 aliphatic carbocycles. The number of hydrogen-bond acceptors (Lipinski definition) is 5. The van der Waals surface area contributed by atoms with Crippen molar-refractivity contribution in [3.63, 3.8) is 0 Å². The summed E-state index contributed by atoms with van der Waals surface area (Å²) in [7, 11) is -2.95. The zero-order valence-corrected chi connectivity index (χ0v) is 14.2. The van der Waals surface area contributed by atoms with Crippen LogP contribution in [0.3, 0.4) is 0 Å². The molecule has 8 heteroatoms. The Morgan fingerprint density at radius 2 is 2.10 bits per heavy atom. The summed E-state index contributed by atoms with van der Waals surface area (Å²) in [4.78, 5) is 16.2. The van der Waals surface area contributed by atoms with Crippen molar-refractivity contribution in [1.29, 1.82) is 0 Å². The van der Waals surface area contributed by atoms with Crippen LogP contribution in [0.2, 0.25) is 0 Å². The molecule has 0 saturated carbocycles. The number of nitrogens with two attached hydrogens (primary N) is 1. The van der Waals surface area contributed by atoms with Gasteiger partial charge in [-0.25, -0.2) is 8.42 Å². The number of halogens is 1. The summed E-state index contributed by atoms with van der Waals surface area (Å²) in [6.07, 6.45) is 2.61. The van der Waals surface area contributed by atoms with E-state index >= 15 is 0 Å². The molecule has 0 bridgehead atoms. The summed E-state index contributed by atoms with van der Waals surface area (Å²) in [5.41, 5.74) is 5.92. The smallest absolute Gasteiger partial charge is 0.237 e. The molecule has 21 heavy (non-hydrogen) atoms. The molecule has 0 spiro atoms. The number of hydrogen-bond donors (Lipinski definition) is 1. The van der Waals surface area contributed by atoms with Crippen LogP contribution in [0.25, 0.3) is 0 Å². The van der Waals surface area contributed by atoms with Crippen molar-refractivity contribution in [2.45, 2.75) is 38.3 Å². The fourth-order valence-corrected chi connectivity index (χ4v) is 4.91. The lowest BCUT2D eigenvalue weighted by atomic mass is 10.1. The van der Waals surface area contributed by atoms with Gasteiger partial charge in [-0.05, 0) is 32.7 Å². The van der Waals surface area contributed by atoms with Crippen molar-refractivity contribution >= 4 is 28.2 Å². The second-order valence-corrected chi connectivity index (χ2v) is 8.10. The molecular formula is C13H26ClN3O3S. The van der Waals surface area contributed by atoms with Crippen LogP contribution in [0.1, 0.15) is 26.2 Å². The van der Waals surface area contributed by atoms with E-state index in [0.717, 1.165) is 25.9 Å². The van der Waals surface area contributed by atoms with E-state index in [4.69, 9.17) is 5.73 Å². The van der Waals surface area contributed by atoms with Gasteiger partial charge in [0.05, 0.1) is 18.1 Å². The summed E-state index contributed by atoms with van der Waals surface area (Å²) in [5.74, 6) is 0.353. The Kier molecular flexibility index (Phi) is 6.90. The number of likely N-dealkylation sites (N-methyl/N-ethyl adjacent to an activating group) is 1. The van der Waals surface area contributed by atoms with Gasteiger partial charge in [0.1, 0.15) is 0 Å². The Labute approximate surface area is 133 Å².